The fraction of sp³-hybridized carbons (Fsp3) is 0.200. The van der Waals surface area contributed by atoms with Crippen molar-refractivity contribution in [3.63, 3.8) is 0 Å². The van der Waals surface area contributed by atoms with Crippen LogP contribution < -0.4 is 21.1 Å². The zero-order valence-electron chi connectivity index (χ0n) is 9.03. The molecule has 0 heterocycles. The van der Waals surface area contributed by atoms with Gasteiger partial charge in [0.1, 0.15) is 5.75 Å². The number of anilines is 2. The van der Waals surface area contributed by atoms with Crippen molar-refractivity contribution in [2.45, 2.75) is 6.92 Å². The first-order chi connectivity index (χ1) is 7.52. The number of carbonyl (C=O) groups excluding carboxylic acids is 1. The Hall–Kier alpha value is -1.82. The SMILES string of the molecule is COc1cc(N)ccc1NC(=S)NC(C)=O. The van der Waals surface area contributed by atoms with Crippen molar-refractivity contribution in [2.24, 2.45) is 0 Å². The van der Waals surface area contributed by atoms with E-state index in [1.54, 1.807) is 18.2 Å². The number of methoxy groups -OCH3 is 1. The molecular formula is C10H13N3O2S. The summed E-state index contributed by atoms with van der Waals surface area (Å²) in [6, 6.07) is 5.10. The van der Waals surface area contributed by atoms with Gasteiger partial charge in [-0.05, 0) is 24.4 Å². The largest absolute Gasteiger partial charge is 0.494 e. The molecule has 86 valence electrons. The van der Waals surface area contributed by atoms with Gasteiger partial charge in [-0.15, -0.1) is 0 Å². The van der Waals surface area contributed by atoms with Crippen LogP contribution in [-0.4, -0.2) is 18.1 Å². The van der Waals surface area contributed by atoms with Gasteiger partial charge in [-0.2, -0.15) is 0 Å². The van der Waals surface area contributed by atoms with Gasteiger partial charge in [0.15, 0.2) is 5.11 Å². The Kier molecular flexibility index (Phi) is 4.07. The first kappa shape index (κ1) is 12.3. The minimum absolute atomic E-state index is 0.218. The van der Waals surface area contributed by atoms with Crippen LogP contribution in [0.4, 0.5) is 11.4 Å². The van der Waals surface area contributed by atoms with Gasteiger partial charge < -0.3 is 21.1 Å². The number of benzene rings is 1. The summed E-state index contributed by atoms with van der Waals surface area (Å²) in [5.74, 6) is 0.333. The lowest BCUT2D eigenvalue weighted by molar-refractivity contribution is -0.117. The normalized spacial score (nSPS) is 9.38. The second-order valence-electron chi connectivity index (χ2n) is 3.10. The molecule has 0 aliphatic heterocycles. The molecule has 5 nitrogen and oxygen atoms in total. The van der Waals surface area contributed by atoms with Gasteiger partial charge >= 0.3 is 0 Å². The van der Waals surface area contributed by atoms with Crippen molar-refractivity contribution >= 4 is 34.6 Å². The molecule has 1 amide bonds. The molecule has 16 heavy (non-hydrogen) atoms. The Morgan fingerprint density at radius 3 is 2.75 bits per heavy atom. The highest BCUT2D eigenvalue weighted by molar-refractivity contribution is 7.80. The van der Waals surface area contributed by atoms with E-state index >= 15 is 0 Å². The first-order valence-electron chi connectivity index (χ1n) is 4.55. The molecule has 0 bridgehead atoms. The fourth-order valence-corrected chi connectivity index (χ4v) is 1.38. The number of nitrogens with two attached hydrogens (primary N) is 1. The topological polar surface area (TPSA) is 76.4 Å². The van der Waals surface area contributed by atoms with Crippen molar-refractivity contribution in [1.29, 1.82) is 0 Å². The Labute approximate surface area is 99.0 Å². The molecule has 0 atom stereocenters. The number of ether oxygens (including phenoxy) is 1. The van der Waals surface area contributed by atoms with Crippen molar-refractivity contribution < 1.29 is 9.53 Å². The molecule has 0 saturated heterocycles. The fourth-order valence-electron chi connectivity index (χ4n) is 1.12. The van der Waals surface area contributed by atoms with Crippen LogP contribution >= 0.6 is 12.2 Å². The number of nitrogen functional groups attached to an aromatic ring is 1. The van der Waals surface area contributed by atoms with Gasteiger partial charge in [-0.3, -0.25) is 4.79 Å². The highest BCUT2D eigenvalue weighted by atomic mass is 32.1. The molecule has 0 aliphatic carbocycles. The summed E-state index contributed by atoms with van der Waals surface area (Å²) >= 11 is 4.92. The van der Waals surface area contributed by atoms with E-state index in [9.17, 15) is 4.79 Å². The van der Waals surface area contributed by atoms with Crippen LogP contribution in [0.1, 0.15) is 6.92 Å². The summed E-state index contributed by atoms with van der Waals surface area (Å²) in [5.41, 5.74) is 6.84. The van der Waals surface area contributed by atoms with Crippen molar-refractivity contribution in [3.05, 3.63) is 18.2 Å². The monoisotopic (exact) mass is 239 g/mol. The van der Waals surface area contributed by atoms with E-state index in [0.29, 0.717) is 17.1 Å². The highest BCUT2D eigenvalue weighted by Crippen LogP contribution is 2.26. The summed E-state index contributed by atoms with van der Waals surface area (Å²) in [6.45, 7) is 1.38. The second kappa shape index (κ2) is 5.32. The molecule has 0 unspecified atom stereocenters. The van der Waals surface area contributed by atoms with Gasteiger partial charge in [-0.25, -0.2) is 0 Å². The van der Waals surface area contributed by atoms with E-state index < -0.39 is 0 Å². The number of amides is 1. The molecule has 1 aromatic rings. The average molecular weight is 239 g/mol. The molecule has 0 fully saturated rings. The van der Waals surface area contributed by atoms with Crippen LogP contribution in [0.25, 0.3) is 0 Å². The van der Waals surface area contributed by atoms with Gasteiger partial charge in [0.25, 0.3) is 0 Å². The van der Waals surface area contributed by atoms with Crippen LogP contribution in [0.15, 0.2) is 18.2 Å². The molecule has 6 heteroatoms. The second-order valence-corrected chi connectivity index (χ2v) is 3.50. The van der Waals surface area contributed by atoms with Crippen LogP contribution in [0.2, 0.25) is 0 Å². The molecule has 1 rings (SSSR count). The number of rotatable bonds is 2. The lowest BCUT2D eigenvalue weighted by atomic mass is 10.2. The maximum atomic E-state index is 10.8. The molecule has 0 aliphatic rings. The quantitative estimate of drug-likeness (QED) is 0.532. The standard InChI is InChI=1S/C10H13N3O2S/c1-6(14)12-10(16)13-8-4-3-7(11)5-9(8)15-2/h3-5H,11H2,1-2H3,(H2,12,13,14,16). The summed E-state index contributed by atoms with van der Waals surface area (Å²) < 4.78 is 5.12. The molecule has 0 aromatic heterocycles. The predicted molar refractivity (Wildman–Crippen MR) is 67.4 cm³/mol. The Bertz CT molecular complexity index is 421. The number of thiocarbonyl (C=S) groups is 1. The number of carbonyl (C=O) groups is 1. The minimum Gasteiger partial charge on any atom is -0.494 e. The predicted octanol–water partition coefficient (Wildman–Crippen LogP) is 1.11. The highest BCUT2D eigenvalue weighted by Gasteiger charge is 2.05. The number of nitrogens with one attached hydrogen (secondary N) is 2. The lowest BCUT2D eigenvalue weighted by Crippen LogP contribution is -2.32. The van der Waals surface area contributed by atoms with E-state index in [4.69, 9.17) is 22.7 Å². The summed E-state index contributed by atoms with van der Waals surface area (Å²) in [6.07, 6.45) is 0. The first-order valence-corrected chi connectivity index (χ1v) is 4.96. The van der Waals surface area contributed by atoms with Gasteiger partial charge in [-0.1, -0.05) is 0 Å². The average Bonchev–Trinajstić information content (AvgIpc) is 2.19. The Morgan fingerprint density at radius 2 is 2.19 bits per heavy atom. The third-order valence-corrected chi connectivity index (χ3v) is 1.97. The van der Waals surface area contributed by atoms with Gasteiger partial charge in [0.2, 0.25) is 5.91 Å². The van der Waals surface area contributed by atoms with Crippen molar-refractivity contribution in [2.75, 3.05) is 18.2 Å². The summed E-state index contributed by atoms with van der Waals surface area (Å²) in [5, 5.41) is 5.51. The van der Waals surface area contributed by atoms with Crippen LogP contribution in [0.3, 0.4) is 0 Å². The summed E-state index contributed by atoms with van der Waals surface area (Å²) in [4.78, 5) is 10.8. The van der Waals surface area contributed by atoms with E-state index in [1.807, 2.05) is 0 Å². The Balaban J connectivity index is 2.80. The van der Waals surface area contributed by atoms with Gasteiger partial charge in [0, 0.05) is 18.7 Å². The third kappa shape index (κ3) is 3.39. The molecule has 0 spiro atoms. The van der Waals surface area contributed by atoms with Gasteiger partial charge in [0.05, 0.1) is 12.8 Å². The molecular weight excluding hydrogens is 226 g/mol. The smallest absolute Gasteiger partial charge is 0.222 e. The maximum Gasteiger partial charge on any atom is 0.222 e. The zero-order valence-corrected chi connectivity index (χ0v) is 9.85. The van der Waals surface area contributed by atoms with Crippen LogP contribution in [0.5, 0.6) is 5.75 Å². The van der Waals surface area contributed by atoms with Crippen LogP contribution in [-0.2, 0) is 4.79 Å². The minimum atomic E-state index is -0.230. The summed E-state index contributed by atoms with van der Waals surface area (Å²) in [7, 11) is 1.53. The zero-order chi connectivity index (χ0) is 12.1. The lowest BCUT2D eigenvalue weighted by Gasteiger charge is -2.12. The molecule has 4 N–H and O–H groups in total. The number of hydrogen-bond donors (Lipinski definition) is 3. The van der Waals surface area contributed by atoms with Crippen molar-refractivity contribution in [3.8, 4) is 5.75 Å². The van der Waals surface area contributed by atoms with Crippen LogP contribution in [0, 0.1) is 0 Å². The Morgan fingerprint density at radius 1 is 1.50 bits per heavy atom. The van der Waals surface area contributed by atoms with E-state index in [-0.39, 0.29) is 11.0 Å². The molecule has 0 radical (unpaired) electrons. The van der Waals surface area contributed by atoms with Crippen molar-refractivity contribution in [1.82, 2.24) is 5.32 Å². The number of hydrogen-bond acceptors (Lipinski definition) is 4. The molecule has 0 saturated carbocycles. The third-order valence-electron chi connectivity index (χ3n) is 1.76. The van der Waals surface area contributed by atoms with E-state index in [1.165, 1.54) is 14.0 Å². The maximum absolute atomic E-state index is 10.8. The van der Waals surface area contributed by atoms with E-state index in [2.05, 4.69) is 10.6 Å². The molecule has 1 aromatic carbocycles. The van der Waals surface area contributed by atoms with E-state index in [0.717, 1.165) is 0 Å².